The highest BCUT2D eigenvalue weighted by molar-refractivity contribution is 5.93. The topological polar surface area (TPSA) is 80.6 Å². The molecular formula is C26H35N5O3. The van der Waals surface area contributed by atoms with Crippen molar-refractivity contribution in [2.24, 2.45) is 0 Å². The lowest BCUT2D eigenvalue weighted by atomic mass is 9.95. The van der Waals surface area contributed by atoms with Crippen LogP contribution in [0.15, 0.2) is 24.3 Å². The number of carbonyl (C=O) groups is 2. The van der Waals surface area contributed by atoms with Gasteiger partial charge in [-0.3, -0.25) is 9.59 Å². The maximum Gasteiger partial charge on any atom is 0.292 e. The molecule has 5 rings (SSSR count). The van der Waals surface area contributed by atoms with Gasteiger partial charge in [0.15, 0.2) is 0 Å². The van der Waals surface area contributed by atoms with Crippen LogP contribution in [0.4, 0.5) is 0 Å². The fourth-order valence-electron chi connectivity index (χ4n) is 5.49. The van der Waals surface area contributed by atoms with Crippen LogP contribution in [-0.4, -0.2) is 68.7 Å². The Morgan fingerprint density at radius 1 is 0.941 bits per heavy atom. The summed E-state index contributed by atoms with van der Waals surface area (Å²) in [4.78, 5) is 30.8. The van der Waals surface area contributed by atoms with E-state index >= 15 is 0 Å². The summed E-state index contributed by atoms with van der Waals surface area (Å²) in [6, 6.07) is 8.48. The zero-order chi connectivity index (χ0) is 23.3. The van der Waals surface area contributed by atoms with E-state index in [1.807, 2.05) is 21.6 Å². The van der Waals surface area contributed by atoms with E-state index in [2.05, 4.69) is 22.3 Å². The quantitative estimate of drug-likeness (QED) is 0.646. The van der Waals surface area contributed by atoms with E-state index < -0.39 is 0 Å². The number of fused-ring (bicyclic) bond motifs is 4. The van der Waals surface area contributed by atoms with Gasteiger partial charge in [0.2, 0.25) is 11.7 Å². The molecular weight excluding hydrogens is 430 g/mol. The largest absolute Gasteiger partial charge is 0.494 e. The van der Waals surface area contributed by atoms with Crippen LogP contribution < -0.4 is 4.74 Å². The minimum absolute atomic E-state index is 0.0420. The maximum atomic E-state index is 13.6. The standard InChI is InChI=1S/C26H35N5O3/c32-24-19-29(26(33)25-28-27-23-11-2-1-4-16-31(23)25)14-7-17-34-22-10-6-8-20(18-22)12-13-21-9-3-5-15-30(21)24/h6,8,10,18,21H,1-5,7,9,11-17,19H2. The van der Waals surface area contributed by atoms with Gasteiger partial charge in [-0.15, -0.1) is 10.2 Å². The fourth-order valence-corrected chi connectivity index (χ4v) is 5.49. The molecule has 1 aromatic carbocycles. The van der Waals surface area contributed by atoms with Gasteiger partial charge < -0.3 is 19.1 Å². The molecule has 1 atom stereocenters. The summed E-state index contributed by atoms with van der Waals surface area (Å²) in [6.07, 6.45) is 9.76. The van der Waals surface area contributed by atoms with Gasteiger partial charge in [-0.1, -0.05) is 18.6 Å². The molecule has 34 heavy (non-hydrogen) atoms. The molecule has 0 N–H and O–H groups in total. The van der Waals surface area contributed by atoms with Crippen molar-refractivity contribution in [2.75, 3.05) is 26.2 Å². The van der Waals surface area contributed by atoms with Gasteiger partial charge >= 0.3 is 0 Å². The Labute approximate surface area is 201 Å². The minimum Gasteiger partial charge on any atom is -0.494 e. The molecule has 0 saturated carbocycles. The molecule has 8 heteroatoms. The zero-order valence-corrected chi connectivity index (χ0v) is 20.0. The van der Waals surface area contributed by atoms with Crippen molar-refractivity contribution >= 4 is 11.8 Å². The first kappa shape index (κ1) is 22.9. The molecule has 2 bridgehead atoms. The lowest BCUT2D eigenvalue weighted by Gasteiger charge is -2.37. The third-order valence-corrected chi connectivity index (χ3v) is 7.37. The third-order valence-electron chi connectivity index (χ3n) is 7.37. The number of amides is 2. The van der Waals surface area contributed by atoms with Crippen LogP contribution in [0, 0.1) is 0 Å². The highest BCUT2D eigenvalue weighted by Crippen LogP contribution is 2.24. The first-order valence-electron chi connectivity index (χ1n) is 12.9. The van der Waals surface area contributed by atoms with Crippen LogP contribution in [0.2, 0.25) is 0 Å². The summed E-state index contributed by atoms with van der Waals surface area (Å²) >= 11 is 0. The first-order chi connectivity index (χ1) is 16.7. The zero-order valence-electron chi connectivity index (χ0n) is 20.0. The number of aryl methyl sites for hydroxylation is 2. The second-order valence-electron chi connectivity index (χ2n) is 9.75. The second kappa shape index (κ2) is 10.6. The molecule has 3 aliphatic heterocycles. The molecule has 4 heterocycles. The van der Waals surface area contributed by atoms with Crippen molar-refractivity contribution in [3.05, 3.63) is 41.5 Å². The van der Waals surface area contributed by atoms with E-state index in [0.29, 0.717) is 25.4 Å². The Hall–Kier alpha value is -2.90. The van der Waals surface area contributed by atoms with Crippen LogP contribution >= 0.6 is 0 Å². The summed E-state index contributed by atoms with van der Waals surface area (Å²) in [5.41, 5.74) is 1.25. The predicted molar refractivity (Wildman–Crippen MR) is 128 cm³/mol. The van der Waals surface area contributed by atoms with Gasteiger partial charge in [0.1, 0.15) is 18.1 Å². The van der Waals surface area contributed by atoms with Gasteiger partial charge in [0.05, 0.1) is 6.61 Å². The van der Waals surface area contributed by atoms with Crippen LogP contribution in [-0.2, 0) is 24.2 Å². The molecule has 0 radical (unpaired) electrons. The number of rotatable bonds is 1. The Kier molecular flexibility index (Phi) is 7.11. The summed E-state index contributed by atoms with van der Waals surface area (Å²) in [5, 5.41) is 8.56. The number of aromatic nitrogens is 3. The average Bonchev–Trinajstić information content (AvgIpc) is 3.12. The van der Waals surface area contributed by atoms with Crippen molar-refractivity contribution in [1.82, 2.24) is 24.6 Å². The van der Waals surface area contributed by atoms with Crippen molar-refractivity contribution < 1.29 is 14.3 Å². The lowest BCUT2D eigenvalue weighted by molar-refractivity contribution is -0.135. The van der Waals surface area contributed by atoms with Gasteiger partial charge in [-0.25, -0.2) is 0 Å². The summed E-state index contributed by atoms with van der Waals surface area (Å²) in [5.74, 6) is 1.96. The smallest absolute Gasteiger partial charge is 0.292 e. The summed E-state index contributed by atoms with van der Waals surface area (Å²) in [7, 11) is 0. The van der Waals surface area contributed by atoms with Gasteiger partial charge in [0, 0.05) is 32.1 Å². The molecule has 182 valence electrons. The van der Waals surface area contributed by atoms with E-state index in [9.17, 15) is 9.59 Å². The predicted octanol–water partition coefficient (Wildman–Crippen LogP) is 3.24. The number of benzene rings is 1. The second-order valence-corrected chi connectivity index (χ2v) is 9.75. The fraction of sp³-hybridized carbons (Fsp3) is 0.615. The molecule has 0 spiro atoms. The van der Waals surface area contributed by atoms with E-state index in [1.54, 1.807) is 4.90 Å². The van der Waals surface area contributed by atoms with Crippen molar-refractivity contribution in [2.45, 2.75) is 76.8 Å². The van der Waals surface area contributed by atoms with Gasteiger partial charge in [-0.2, -0.15) is 0 Å². The molecule has 2 amide bonds. The highest BCUT2D eigenvalue weighted by Gasteiger charge is 2.31. The highest BCUT2D eigenvalue weighted by atomic mass is 16.5. The normalized spacial score (nSPS) is 22.1. The van der Waals surface area contributed by atoms with E-state index in [1.165, 1.54) is 5.56 Å². The van der Waals surface area contributed by atoms with Crippen molar-refractivity contribution in [3.8, 4) is 5.75 Å². The van der Waals surface area contributed by atoms with Gasteiger partial charge in [0.25, 0.3) is 5.91 Å². The number of carbonyl (C=O) groups excluding carboxylic acids is 2. The number of ether oxygens (including phenoxy) is 1. The molecule has 1 unspecified atom stereocenters. The maximum absolute atomic E-state index is 13.6. The van der Waals surface area contributed by atoms with Crippen LogP contribution in [0.5, 0.6) is 5.75 Å². The Morgan fingerprint density at radius 2 is 1.85 bits per heavy atom. The minimum atomic E-state index is -0.198. The van der Waals surface area contributed by atoms with Crippen LogP contribution in [0.3, 0.4) is 0 Å². The summed E-state index contributed by atoms with van der Waals surface area (Å²) < 4.78 is 7.95. The Balaban J connectivity index is 1.39. The van der Waals surface area contributed by atoms with Crippen molar-refractivity contribution in [3.63, 3.8) is 0 Å². The average molecular weight is 466 g/mol. The monoisotopic (exact) mass is 465 g/mol. The summed E-state index contributed by atoms with van der Waals surface area (Å²) in [6.45, 7) is 2.56. The van der Waals surface area contributed by atoms with Gasteiger partial charge in [-0.05, 0) is 69.1 Å². The number of nitrogens with zero attached hydrogens (tertiary/aromatic N) is 5. The van der Waals surface area contributed by atoms with Crippen LogP contribution in [0.25, 0.3) is 0 Å². The number of hydrogen-bond acceptors (Lipinski definition) is 5. The molecule has 1 fully saturated rings. The third kappa shape index (κ3) is 5.10. The molecule has 0 aliphatic carbocycles. The SMILES string of the molecule is O=C(c1nnc2n1CCCCC2)N1CCCOc2cccc(c2)CCC2CCCCN2C(=O)C1. The molecule has 2 aromatic rings. The molecule has 1 saturated heterocycles. The lowest BCUT2D eigenvalue weighted by Crippen LogP contribution is -2.49. The van der Waals surface area contributed by atoms with E-state index in [0.717, 1.165) is 82.5 Å². The Bertz CT molecular complexity index is 1020. The number of piperidine rings is 1. The molecule has 1 aromatic heterocycles. The van der Waals surface area contributed by atoms with Crippen LogP contribution in [0.1, 0.15) is 73.4 Å². The molecule has 8 nitrogen and oxygen atoms in total. The Morgan fingerprint density at radius 3 is 2.79 bits per heavy atom. The van der Waals surface area contributed by atoms with E-state index in [4.69, 9.17) is 4.74 Å². The van der Waals surface area contributed by atoms with E-state index in [-0.39, 0.29) is 24.4 Å². The number of hydrogen-bond donors (Lipinski definition) is 0. The van der Waals surface area contributed by atoms with Crippen molar-refractivity contribution in [1.29, 1.82) is 0 Å². The first-order valence-corrected chi connectivity index (χ1v) is 12.9. The molecule has 3 aliphatic rings.